The van der Waals surface area contributed by atoms with Crippen LogP contribution in [0.15, 0.2) is 83.8 Å². The number of piperidine rings is 1. The second-order valence-electron chi connectivity index (χ2n) is 8.41. The fourth-order valence-electron chi connectivity index (χ4n) is 4.03. The molecule has 3 aromatic carbocycles. The molecule has 0 unspecified atom stereocenters. The Morgan fingerprint density at radius 2 is 1.50 bits per heavy atom. The van der Waals surface area contributed by atoms with E-state index in [1.165, 1.54) is 5.56 Å². The molecule has 7 heteroatoms. The van der Waals surface area contributed by atoms with E-state index in [1.54, 1.807) is 28.6 Å². The van der Waals surface area contributed by atoms with Crippen LogP contribution in [0.3, 0.4) is 0 Å². The van der Waals surface area contributed by atoms with Gasteiger partial charge in [0.25, 0.3) is 0 Å². The van der Waals surface area contributed by atoms with Crippen molar-refractivity contribution in [3.05, 3.63) is 90.0 Å². The summed E-state index contributed by atoms with van der Waals surface area (Å²) in [4.78, 5) is 12.9. The lowest BCUT2D eigenvalue weighted by molar-refractivity contribution is -0.115. The number of hydrogen-bond donors (Lipinski definition) is 1. The summed E-state index contributed by atoms with van der Waals surface area (Å²) in [6.07, 6.45) is 3.78. The van der Waals surface area contributed by atoms with Crippen molar-refractivity contribution in [3.63, 3.8) is 0 Å². The Hall–Kier alpha value is -3.16. The van der Waals surface area contributed by atoms with Crippen LogP contribution in [0.2, 0.25) is 0 Å². The van der Waals surface area contributed by atoms with Gasteiger partial charge < -0.3 is 10.1 Å². The van der Waals surface area contributed by atoms with Gasteiger partial charge in [-0.15, -0.1) is 0 Å². The zero-order valence-corrected chi connectivity index (χ0v) is 20.0. The molecule has 0 bridgehead atoms. The number of para-hydroxylation sites is 2. The largest absolute Gasteiger partial charge is 0.491 e. The summed E-state index contributed by atoms with van der Waals surface area (Å²) in [5, 5.41) is 2.91. The number of ether oxygens (including phenoxy) is 1. The van der Waals surface area contributed by atoms with Gasteiger partial charge in [-0.25, -0.2) is 8.42 Å². The molecule has 0 aromatic heterocycles. The second kappa shape index (κ2) is 11.3. The first-order valence-electron chi connectivity index (χ1n) is 11.7. The fraction of sp³-hybridized carbons (Fsp3) is 0.296. The van der Waals surface area contributed by atoms with Gasteiger partial charge >= 0.3 is 0 Å². The molecule has 1 fully saturated rings. The number of carbonyl (C=O) groups excluding carboxylic acids is 1. The summed E-state index contributed by atoms with van der Waals surface area (Å²) >= 11 is 0. The fourth-order valence-corrected chi connectivity index (χ4v) is 5.55. The number of rotatable bonds is 9. The van der Waals surface area contributed by atoms with Crippen molar-refractivity contribution in [1.29, 1.82) is 0 Å². The normalized spacial score (nSPS) is 14.5. The first-order chi connectivity index (χ1) is 16.5. The highest BCUT2D eigenvalue weighted by Crippen LogP contribution is 2.25. The van der Waals surface area contributed by atoms with Crippen molar-refractivity contribution < 1.29 is 17.9 Å². The molecule has 0 atom stereocenters. The van der Waals surface area contributed by atoms with Crippen molar-refractivity contribution in [2.45, 2.75) is 37.0 Å². The van der Waals surface area contributed by atoms with Crippen molar-refractivity contribution in [2.24, 2.45) is 0 Å². The maximum atomic E-state index is 12.8. The van der Waals surface area contributed by atoms with Crippen LogP contribution in [0.5, 0.6) is 5.75 Å². The third-order valence-corrected chi connectivity index (χ3v) is 7.81. The summed E-state index contributed by atoms with van der Waals surface area (Å²) in [6.45, 7) is 1.64. The molecule has 1 saturated heterocycles. The van der Waals surface area contributed by atoms with Gasteiger partial charge in [-0.1, -0.05) is 61.0 Å². The monoisotopic (exact) mass is 478 g/mol. The van der Waals surface area contributed by atoms with Crippen LogP contribution >= 0.6 is 0 Å². The van der Waals surface area contributed by atoms with E-state index in [2.05, 4.69) is 17.4 Å². The molecule has 1 heterocycles. The minimum atomic E-state index is -3.47. The van der Waals surface area contributed by atoms with E-state index in [-0.39, 0.29) is 17.2 Å². The topological polar surface area (TPSA) is 75.7 Å². The third-order valence-electron chi connectivity index (χ3n) is 5.89. The minimum Gasteiger partial charge on any atom is -0.491 e. The van der Waals surface area contributed by atoms with Gasteiger partial charge in [-0.2, -0.15) is 4.31 Å². The van der Waals surface area contributed by atoms with Crippen LogP contribution in [0.4, 0.5) is 5.69 Å². The average molecular weight is 479 g/mol. The molecule has 0 spiro atoms. The molecule has 6 nitrogen and oxygen atoms in total. The predicted molar refractivity (Wildman–Crippen MR) is 133 cm³/mol. The maximum absolute atomic E-state index is 12.8. The van der Waals surface area contributed by atoms with Gasteiger partial charge in [0.2, 0.25) is 15.9 Å². The number of anilines is 1. The highest BCUT2D eigenvalue weighted by molar-refractivity contribution is 7.89. The van der Waals surface area contributed by atoms with Crippen LogP contribution < -0.4 is 10.1 Å². The number of sulfonamides is 1. The van der Waals surface area contributed by atoms with Crippen molar-refractivity contribution >= 4 is 21.6 Å². The van der Waals surface area contributed by atoms with Crippen LogP contribution in [0.25, 0.3) is 0 Å². The Kier molecular flexibility index (Phi) is 7.98. The van der Waals surface area contributed by atoms with E-state index >= 15 is 0 Å². The number of hydrogen-bond acceptors (Lipinski definition) is 4. The van der Waals surface area contributed by atoms with Crippen molar-refractivity contribution in [3.8, 4) is 5.75 Å². The highest BCUT2D eigenvalue weighted by atomic mass is 32.2. The molecule has 0 saturated carbocycles. The number of nitrogens with zero attached hydrogens (tertiary/aromatic N) is 1. The summed E-state index contributed by atoms with van der Waals surface area (Å²) in [5.41, 5.74) is 2.55. The van der Waals surface area contributed by atoms with Gasteiger partial charge in [-0.05, 0) is 48.2 Å². The zero-order valence-electron chi connectivity index (χ0n) is 19.2. The average Bonchev–Trinajstić information content (AvgIpc) is 2.86. The second-order valence-corrected chi connectivity index (χ2v) is 10.4. The smallest absolute Gasteiger partial charge is 0.243 e. The third kappa shape index (κ3) is 6.24. The molecule has 1 amide bonds. The van der Waals surface area contributed by atoms with Crippen LogP contribution in [-0.4, -0.2) is 38.3 Å². The lowest BCUT2D eigenvalue weighted by Gasteiger charge is -2.25. The Labute approximate surface area is 201 Å². The molecule has 4 rings (SSSR count). The van der Waals surface area contributed by atoms with E-state index in [4.69, 9.17) is 4.74 Å². The minimum absolute atomic E-state index is 0.141. The molecule has 0 aliphatic carbocycles. The summed E-state index contributed by atoms with van der Waals surface area (Å²) in [7, 11) is -3.47. The van der Waals surface area contributed by atoms with E-state index in [1.807, 2.05) is 42.5 Å². The zero-order chi connectivity index (χ0) is 23.8. The number of nitrogens with one attached hydrogen (secondary N) is 1. The first-order valence-corrected chi connectivity index (χ1v) is 13.1. The van der Waals surface area contributed by atoms with Gasteiger partial charge in [0.15, 0.2) is 0 Å². The van der Waals surface area contributed by atoms with Crippen LogP contribution in [-0.2, 0) is 27.7 Å². The molecule has 34 heavy (non-hydrogen) atoms. The van der Waals surface area contributed by atoms with Gasteiger partial charge in [-0.3, -0.25) is 4.79 Å². The molecule has 178 valence electrons. The summed E-state index contributed by atoms with van der Waals surface area (Å²) in [5.74, 6) is 0.431. The molecule has 0 radical (unpaired) electrons. The van der Waals surface area contributed by atoms with Crippen LogP contribution in [0, 0.1) is 0 Å². The standard InChI is InChI=1S/C27H30N2O4S/c30-27(21-23-13-15-24(16-14-23)34(31,32)29-18-7-2-8-19-29)28-25-11-5-6-12-26(25)33-20-17-22-9-3-1-4-10-22/h1,3-6,9-16H,2,7-8,17-21H2,(H,28,30). The number of benzene rings is 3. The van der Waals surface area contributed by atoms with Crippen molar-refractivity contribution in [2.75, 3.05) is 25.0 Å². The SMILES string of the molecule is O=C(Cc1ccc(S(=O)(=O)N2CCCCC2)cc1)Nc1ccccc1OCCc1ccccc1. The molecule has 3 aromatic rings. The van der Waals surface area contributed by atoms with Gasteiger partial charge in [0.05, 0.1) is 23.6 Å². The van der Waals surface area contributed by atoms with E-state index in [0.29, 0.717) is 31.1 Å². The molecular weight excluding hydrogens is 448 g/mol. The van der Waals surface area contributed by atoms with E-state index in [9.17, 15) is 13.2 Å². The van der Waals surface area contributed by atoms with Crippen LogP contribution in [0.1, 0.15) is 30.4 Å². The molecular formula is C27H30N2O4S. The lowest BCUT2D eigenvalue weighted by Crippen LogP contribution is -2.35. The predicted octanol–water partition coefficient (Wildman–Crippen LogP) is 4.66. The Morgan fingerprint density at radius 3 is 2.24 bits per heavy atom. The van der Waals surface area contributed by atoms with Gasteiger partial charge in [0, 0.05) is 19.5 Å². The summed E-state index contributed by atoms with van der Waals surface area (Å²) in [6, 6.07) is 24.0. The number of amides is 1. The Bertz CT molecular complexity index is 1190. The van der Waals surface area contributed by atoms with E-state index in [0.717, 1.165) is 31.2 Å². The lowest BCUT2D eigenvalue weighted by atomic mass is 10.1. The first kappa shape index (κ1) is 24.0. The van der Waals surface area contributed by atoms with Gasteiger partial charge in [0.1, 0.15) is 5.75 Å². The van der Waals surface area contributed by atoms with E-state index < -0.39 is 10.0 Å². The summed E-state index contributed by atoms with van der Waals surface area (Å²) < 4.78 is 33.1. The highest BCUT2D eigenvalue weighted by Gasteiger charge is 2.25. The molecule has 1 aliphatic heterocycles. The number of carbonyl (C=O) groups is 1. The maximum Gasteiger partial charge on any atom is 0.243 e. The Balaban J connectivity index is 1.34. The van der Waals surface area contributed by atoms with Crippen molar-refractivity contribution in [1.82, 2.24) is 4.31 Å². The quantitative estimate of drug-likeness (QED) is 0.485. The Morgan fingerprint density at radius 1 is 0.824 bits per heavy atom. The molecule has 1 aliphatic rings. The molecule has 1 N–H and O–H groups in total.